The van der Waals surface area contributed by atoms with E-state index in [0.717, 1.165) is 31.7 Å². The molecule has 3 heterocycles. The van der Waals surface area contributed by atoms with Crippen LogP contribution in [0.1, 0.15) is 48.3 Å². The Morgan fingerprint density at radius 3 is 2.58 bits per heavy atom. The van der Waals surface area contributed by atoms with E-state index in [1.807, 2.05) is 6.92 Å². The number of pyridine rings is 2. The molecule has 38 heavy (non-hydrogen) atoms. The van der Waals surface area contributed by atoms with Crippen LogP contribution in [0.5, 0.6) is 5.75 Å². The van der Waals surface area contributed by atoms with Crippen LogP contribution in [0, 0.1) is 5.41 Å². The van der Waals surface area contributed by atoms with Gasteiger partial charge in [-0.3, -0.25) is 9.97 Å². The summed E-state index contributed by atoms with van der Waals surface area (Å²) in [5.74, 6) is -0.0689. The Hall–Kier alpha value is -3.04. The summed E-state index contributed by atoms with van der Waals surface area (Å²) in [5, 5.41) is 15.9. The van der Waals surface area contributed by atoms with Crippen molar-refractivity contribution in [3.05, 3.63) is 87.4 Å². The van der Waals surface area contributed by atoms with Crippen LogP contribution in [0.3, 0.4) is 0 Å². The van der Waals surface area contributed by atoms with E-state index in [0.29, 0.717) is 50.8 Å². The first-order valence-corrected chi connectivity index (χ1v) is 13.1. The van der Waals surface area contributed by atoms with Crippen LogP contribution in [0.25, 0.3) is 5.83 Å². The number of nitrogens with zero attached hydrogens (tertiary/aromatic N) is 2. The summed E-state index contributed by atoms with van der Waals surface area (Å²) in [5.41, 5.74) is 2.86. The first-order chi connectivity index (χ1) is 18.4. The molecule has 2 aromatic heterocycles. The van der Waals surface area contributed by atoms with Gasteiger partial charge < -0.3 is 25.5 Å². The van der Waals surface area contributed by atoms with Gasteiger partial charge in [0.25, 0.3) is 0 Å². The van der Waals surface area contributed by atoms with E-state index in [-0.39, 0.29) is 5.71 Å². The van der Waals surface area contributed by atoms with Gasteiger partial charge in [-0.15, -0.1) is 0 Å². The molecule has 0 saturated carbocycles. The van der Waals surface area contributed by atoms with E-state index in [2.05, 4.69) is 20.6 Å². The first-order valence-electron chi connectivity index (χ1n) is 12.4. The van der Waals surface area contributed by atoms with E-state index in [4.69, 9.17) is 38.1 Å². The molecule has 0 radical (unpaired) electrons. The molecular formula is C28H30Cl2FN5O2. The summed E-state index contributed by atoms with van der Waals surface area (Å²) >= 11 is 12.5. The number of anilines is 1. The van der Waals surface area contributed by atoms with E-state index in [1.54, 1.807) is 37.4 Å². The second-order valence-electron chi connectivity index (χ2n) is 8.95. The van der Waals surface area contributed by atoms with Crippen molar-refractivity contribution in [3.63, 3.8) is 0 Å². The molecule has 1 fully saturated rings. The number of nitrogens with one attached hydrogen (secondary N) is 3. The maximum atomic E-state index is 15.1. The molecule has 1 aliphatic heterocycles. The van der Waals surface area contributed by atoms with Crippen LogP contribution in [-0.4, -0.2) is 42.0 Å². The summed E-state index contributed by atoms with van der Waals surface area (Å²) in [6.07, 6.45) is 7.15. The van der Waals surface area contributed by atoms with E-state index in [1.165, 1.54) is 24.7 Å². The molecule has 1 atom stereocenters. The van der Waals surface area contributed by atoms with Crippen LogP contribution in [0.4, 0.5) is 10.1 Å². The van der Waals surface area contributed by atoms with Crippen molar-refractivity contribution in [2.45, 2.75) is 38.5 Å². The summed E-state index contributed by atoms with van der Waals surface area (Å²) in [4.78, 5) is 8.35. The lowest BCUT2D eigenvalue weighted by Gasteiger charge is -2.23. The lowest BCUT2D eigenvalue weighted by molar-refractivity contribution is 0.0775. The number of allylic oxidation sites excluding steroid dienone is 1. The second-order valence-corrected chi connectivity index (χ2v) is 9.76. The zero-order valence-corrected chi connectivity index (χ0v) is 22.7. The fraction of sp³-hybridized carbons (Fsp3) is 0.321. The van der Waals surface area contributed by atoms with E-state index >= 15 is 4.39 Å². The fourth-order valence-corrected chi connectivity index (χ4v) is 4.89. The normalized spacial score (nSPS) is 15.2. The molecule has 0 amide bonds. The Bertz CT molecular complexity index is 1280. The van der Waals surface area contributed by atoms with Crippen LogP contribution < -0.4 is 15.4 Å². The number of benzene rings is 1. The highest BCUT2D eigenvalue weighted by Crippen LogP contribution is 2.33. The minimum atomic E-state index is -0.552. The Labute approximate surface area is 231 Å². The van der Waals surface area contributed by atoms with Gasteiger partial charge in [0.15, 0.2) is 0 Å². The highest BCUT2D eigenvalue weighted by atomic mass is 35.5. The van der Waals surface area contributed by atoms with Crippen molar-refractivity contribution in [2.75, 3.05) is 25.6 Å². The van der Waals surface area contributed by atoms with Gasteiger partial charge in [-0.1, -0.05) is 23.2 Å². The monoisotopic (exact) mass is 557 g/mol. The number of rotatable bonds is 10. The lowest BCUT2D eigenvalue weighted by Crippen LogP contribution is -2.34. The number of aromatic nitrogens is 2. The SMILES string of the molecule is CNc1ccc(O[C@H](C)c2c(Cl)cncc2Cl)cc1C(=N)/C=C(\F)c1ccc(CNC2CCOCC2)nc1. The minimum absolute atomic E-state index is 0.0183. The molecule has 3 N–H and O–H groups in total. The Kier molecular flexibility index (Phi) is 9.69. The van der Waals surface area contributed by atoms with Gasteiger partial charge in [-0.05, 0) is 50.1 Å². The molecule has 0 bridgehead atoms. The zero-order valence-electron chi connectivity index (χ0n) is 21.2. The lowest BCUT2D eigenvalue weighted by atomic mass is 10.0. The van der Waals surface area contributed by atoms with Crippen molar-refractivity contribution in [2.24, 2.45) is 0 Å². The topological polar surface area (TPSA) is 92.2 Å². The summed E-state index contributed by atoms with van der Waals surface area (Å²) < 4.78 is 26.5. The molecular weight excluding hydrogens is 528 g/mol. The molecule has 1 aliphatic rings. The summed E-state index contributed by atoms with van der Waals surface area (Å²) in [6.45, 7) is 3.96. The van der Waals surface area contributed by atoms with Gasteiger partial charge in [0.1, 0.15) is 17.7 Å². The van der Waals surface area contributed by atoms with Crippen LogP contribution >= 0.6 is 23.2 Å². The molecule has 3 aromatic rings. The van der Waals surface area contributed by atoms with Gasteiger partial charge >= 0.3 is 0 Å². The van der Waals surface area contributed by atoms with Gasteiger partial charge in [0, 0.05) is 79.9 Å². The van der Waals surface area contributed by atoms with Crippen LogP contribution in [0.2, 0.25) is 10.0 Å². The van der Waals surface area contributed by atoms with Gasteiger partial charge in [0.2, 0.25) is 0 Å². The number of hydrogen-bond donors (Lipinski definition) is 3. The highest BCUT2D eigenvalue weighted by molar-refractivity contribution is 6.35. The van der Waals surface area contributed by atoms with Crippen molar-refractivity contribution in [1.29, 1.82) is 5.41 Å². The number of halogens is 3. The largest absolute Gasteiger partial charge is 0.486 e. The van der Waals surface area contributed by atoms with E-state index < -0.39 is 11.9 Å². The third-order valence-electron chi connectivity index (χ3n) is 6.33. The van der Waals surface area contributed by atoms with Gasteiger partial charge in [-0.25, -0.2) is 4.39 Å². The van der Waals surface area contributed by atoms with Gasteiger partial charge in [-0.2, -0.15) is 0 Å². The maximum Gasteiger partial charge on any atom is 0.134 e. The molecule has 1 aromatic carbocycles. The van der Waals surface area contributed by atoms with Crippen molar-refractivity contribution in [1.82, 2.24) is 15.3 Å². The van der Waals surface area contributed by atoms with Crippen LogP contribution in [-0.2, 0) is 11.3 Å². The minimum Gasteiger partial charge on any atom is -0.486 e. The Morgan fingerprint density at radius 1 is 1.18 bits per heavy atom. The first kappa shape index (κ1) is 28.0. The average Bonchev–Trinajstić information content (AvgIpc) is 2.92. The average molecular weight is 558 g/mol. The Balaban J connectivity index is 1.46. The smallest absolute Gasteiger partial charge is 0.134 e. The van der Waals surface area contributed by atoms with Crippen molar-refractivity contribution < 1.29 is 13.9 Å². The molecule has 1 saturated heterocycles. The molecule has 200 valence electrons. The van der Waals surface area contributed by atoms with Gasteiger partial charge in [0.05, 0.1) is 21.5 Å². The fourth-order valence-electron chi connectivity index (χ4n) is 4.22. The molecule has 7 nitrogen and oxygen atoms in total. The Morgan fingerprint density at radius 2 is 1.92 bits per heavy atom. The molecule has 10 heteroatoms. The third kappa shape index (κ3) is 7.08. The zero-order chi connectivity index (χ0) is 27.1. The highest BCUT2D eigenvalue weighted by Gasteiger charge is 2.18. The van der Waals surface area contributed by atoms with Crippen molar-refractivity contribution in [3.8, 4) is 5.75 Å². The van der Waals surface area contributed by atoms with Crippen LogP contribution in [0.15, 0.2) is 55.0 Å². The predicted molar refractivity (Wildman–Crippen MR) is 150 cm³/mol. The standard InChI is InChI=1S/C28H30Cl2FN5O2/c1-17(28-23(29)15-34-16-24(28)30)38-21-5-6-27(33-2)22(11-21)26(32)12-25(31)18-3-4-20(35-13-18)14-36-19-7-9-37-10-8-19/h3-6,11-13,15-17,19,32-33,36H,7-10,14H2,1-2H3/b25-12-,32-26?/t17-/m1/s1. The third-order valence-corrected chi connectivity index (χ3v) is 6.93. The molecule has 0 spiro atoms. The number of hydrogen-bond acceptors (Lipinski definition) is 7. The number of ether oxygens (including phenoxy) is 2. The van der Waals surface area contributed by atoms with E-state index in [9.17, 15) is 0 Å². The summed E-state index contributed by atoms with van der Waals surface area (Å²) in [7, 11) is 1.74. The van der Waals surface area contributed by atoms with Crippen molar-refractivity contribution >= 4 is 40.4 Å². The predicted octanol–water partition coefficient (Wildman–Crippen LogP) is 6.61. The second kappa shape index (κ2) is 13.2. The molecule has 0 unspecified atom stereocenters. The maximum absolute atomic E-state index is 15.1. The molecule has 0 aliphatic carbocycles. The quantitative estimate of drug-likeness (QED) is 0.243. The summed E-state index contributed by atoms with van der Waals surface area (Å²) in [6, 6.07) is 9.10. The molecule has 4 rings (SSSR count).